The number of halogens is 1. The van der Waals surface area contributed by atoms with Gasteiger partial charge in [-0.25, -0.2) is 9.97 Å². The van der Waals surface area contributed by atoms with E-state index in [2.05, 4.69) is 9.97 Å². The maximum Gasteiger partial charge on any atom is 0.134 e. The van der Waals surface area contributed by atoms with E-state index in [9.17, 15) is 0 Å². The fourth-order valence-electron chi connectivity index (χ4n) is 1.78. The van der Waals surface area contributed by atoms with Gasteiger partial charge in [0.05, 0.1) is 7.11 Å². The molecule has 0 saturated heterocycles. The lowest BCUT2D eigenvalue weighted by Gasteiger charge is -2.05. The van der Waals surface area contributed by atoms with E-state index in [1.807, 2.05) is 24.3 Å². The van der Waals surface area contributed by atoms with E-state index in [-0.39, 0.29) is 0 Å². The molecular weight excluding hydrogens is 280 g/mol. The molecule has 1 heterocycles. The number of ether oxygens (including phenoxy) is 1. The van der Waals surface area contributed by atoms with Gasteiger partial charge in [-0.1, -0.05) is 29.4 Å². The van der Waals surface area contributed by atoms with Crippen LogP contribution in [0.2, 0.25) is 5.15 Å². The van der Waals surface area contributed by atoms with Gasteiger partial charge in [-0.05, 0) is 31.0 Å². The van der Waals surface area contributed by atoms with Crippen LogP contribution in [0.4, 0.5) is 0 Å². The molecule has 3 rings (SSSR count). The Bertz CT molecular complexity index is 602. The van der Waals surface area contributed by atoms with E-state index in [0.717, 1.165) is 21.5 Å². The Morgan fingerprint density at radius 3 is 2.84 bits per heavy atom. The summed E-state index contributed by atoms with van der Waals surface area (Å²) < 4.78 is 5.22. The van der Waals surface area contributed by atoms with Gasteiger partial charge in [-0.15, -0.1) is 0 Å². The van der Waals surface area contributed by atoms with Gasteiger partial charge in [0.1, 0.15) is 21.8 Å². The van der Waals surface area contributed by atoms with Crippen LogP contribution in [-0.2, 0) is 0 Å². The van der Waals surface area contributed by atoms with Gasteiger partial charge in [0.2, 0.25) is 0 Å². The molecule has 1 saturated carbocycles. The third-order valence-electron chi connectivity index (χ3n) is 2.89. The second kappa shape index (κ2) is 5.39. The first-order valence-corrected chi connectivity index (χ1v) is 7.30. The minimum atomic E-state index is 0.503. The molecule has 1 aliphatic carbocycles. The summed E-state index contributed by atoms with van der Waals surface area (Å²) in [5, 5.41) is 1.40. The standard InChI is InChI=1S/C14H13ClN2OS/c1-18-10-3-2-4-11(7-10)19-13-8-12(15)16-14(17-13)9-5-6-9/h2-4,7-9H,5-6H2,1H3. The number of benzene rings is 1. The SMILES string of the molecule is COc1cccc(Sc2cc(Cl)nc(C3CC3)n2)c1. The first-order chi connectivity index (χ1) is 9.24. The maximum absolute atomic E-state index is 6.06. The van der Waals surface area contributed by atoms with Crippen molar-refractivity contribution in [2.24, 2.45) is 0 Å². The second-order valence-corrected chi connectivity index (χ2v) is 5.92. The zero-order valence-corrected chi connectivity index (χ0v) is 12.0. The zero-order chi connectivity index (χ0) is 13.2. The molecule has 1 fully saturated rings. The summed E-state index contributed by atoms with van der Waals surface area (Å²) in [6, 6.07) is 9.70. The van der Waals surface area contributed by atoms with Crippen molar-refractivity contribution in [3.8, 4) is 5.75 Å². The van der Waals surface area contributed by atoms with E-state index in [0.29, 0.717) is 11.1 Å². The third kappa shape index (κ3) is 3.19. The molecular formula is C14H13ClN2OS. The predicted octanol–water partition coefficient (Wildman–Crippen LogP) is 4.17. The summed E-state index contributed by atoms with van der Waals surface area (Å²) in [6.07, 6.45) is 2.34. The number of aromatic nitrogens is 2. The van der Waals surface area contributed by atoms with Crippen molar-refractivity contribution in [1.29, 1.82) is 0 Å². The molecule has 1 aromatic carbocycles. The Morgan fingerprint density at radius 1 is 1.26 bits per heavy atom. The molecule has 19 heavy (non-hydrogen) atoms. The topological polar surface area (TPSA) is 35.0 Å². The molecule has 5 heteroatoms. The quantitative estimate of drug-likeness (QED) is 0.792. The molecule has 0 N–H and O–H groups in total. The summed E-state index contributed by atoms with van der Waals surface area (Å²) in [4.78, 5) is 9.94. The molecule has 2 aromatic rings. The van der Waals surface area contributed by atoms with Crippen LogP contribution in [0.25, 0.3) is 0 Å². The van der Waals surface area contributed by atoms with Crippen LogP contribution < -0.4 is 4.74 Å². The van der Waals surface area contributed by atoms with Crippen molar-refractivity contribution in [2.45, 2.75) is 28.7 Å². The van der Waals surface area contributed by atoms with Gasteiger partial charge in [0.25, 0.3) is 0 Å². The van der Waals surface area contributed by atoms with Crippen molar-refractivity contribution in [3.05, 3.63) is 41.3 Å². The van der Waals surface area contributed by atoms with Gasteiger partial charge in [-0.2, -0.15) is 0 Å². The normalized spacial score (nSPS) is 14.4. The van der Waals surface area contributed by atoms with Crippen molar-refractivity contribution in [3.63, 3.8) is 0 Å². The van der Waals surface area contributed by atoms with Crippen LogP contribution in [0.3, 0.4) is 0 Å². The van der Waals surface area contributed by atoms with Crippen LogP contribution >= 0.6 is 23.4 Å². The molecule has 0 amide bonds. The summed E-state index contributed by atoms with van der Waals surface area (Å²) in [6.45, 7) is 0. The highest BCUT2D eigenvalue weighted by Gasteiger charge is 2.27. The lowest BCUT2D eigenvalue weighted by molar-refractivity contribution is 0.413. The Labute approximate surface area is 121 Å². The molecule has 0 atom stereocenters. The second-order valence-electron chi connectivity index (χ2n) is 4.44. The number of hydrogen-bond acceptors (Lipinski definition) is 4. The predicted molar refractivity (Wildman–Crippen MR) is 76.1 cm³/mol. The van der Waals surface area contributed by atoms with Crippen molar-refractivity contribution in [1.82, 2.24) is 9.97 Å². The molecule has 0 spiro atoms. The smallest absolute Gasteiger partial charge is 0.134 e. The van der Waals surface area contributed by atoms with E-state index < -0.39 is 0 Å². The summed E-state index contributed by atoms with van der Waals surface area (Å²) in [7, 11) is 1.66. The van der Waals surface area contributed by atoms with E-state index in [4.69, 9.17) is 16.3 Å². The van der Waals surface area contributed by atoms with E-state index in [1.54, 1.807) is 24.9 Å². The Balaban J connectivity index is 1.85. The number of rotatable bonds is 4. The van der Waals surface area contributed by atoms with Gasteiger partial charge in [0, 0.05) is 16.9 Å². The summed E-state index contributed by atoms with van der Waals surface area (Å²) >= 11 is 7.63. The van der Waals surface area contributed by atoms with Crippen LogP contribution in [0.1, 0.15) is 24.6 Å². The molecule has 1 aromatic heterocycles. The first-order valence-electron chi connectivity index (χ1n) is 6.11. The van der Waals surface area contributed by atoms with Crippen LogP contribution in [0, 0.1) is 0 Å². The molecule has 1 aliphatic rings. The van der Waals surface area contributed by atoms with Gasteiger partial charge < -0.3 is 4.74 Å². The highest BCUT2D eigenvalue weighted by Crippen LogP contribution is 2.39. The molecule has 0 radical (unpaired) electrons. The summed E-state index contributed by atoms with van der Waals surface area (Å²) in [5.74, 6) is 2.22. The Kier molecular flexibility index (Phi) is 3.62. The van der Waals surface area contributed by atoms with E-state index in [1.165, 1.54) is 12.8 Å². The Morgan fingerprint density at radius 2 is 2.11 bits per heavy atom. The highest BCUT2D eigenvalue weighted by molar-refractivity contribution is 7.99. The van der Waals surface area contributed by atoms with Crippen molar-refractivity contribution < 1.29 is 4.74 Å². The van der Waals surface area contributed by atoms with Crippen LogP contribution in [0.15, 0.2) is 40.3 Å². The lowest BCUT2D eigenvalue weighted by Crippen LogP contribution is -1.94. The average Bonchev–Trinajstić information content (AvgIpc) is 3.22. The van der Waals surface area contributed by atoms with Crippen molar-refractivity contribution in [2.75, 3.05) is 7.11 Å². The molecule has 0 aliphatic heterocycles. The average molecular weight is 293 g/mol. The minimum absolute atomic E-state index is 0.503. The Hall–Kier alpha value is -1.26. The number of nitrogens with zero attached hydrogens (tertiary/aromatic N) is 2. The van der Waals surface area contributed by atoms with Crippen molar-refractivity contribution >= 4 is 23.4 Å². The number of hydrogen-bond donors (Lipinski definition) is 0. The molecule has 0 bridgehead atoms. The molecule has 0 unspecified atom stereocenters. The monoisotopic (exact) mass is 292 g/mol. The van der Waals surface area contributed by atoms with Gasteiger partial charge >= 0.3 is 0 Å². The molecule has 98 valence electrons. The van der Waals surface area contributed by atoms with Crippen LogP contribution in [-0.4, -0.2) is 17.1 Å². The summed E-state index contributed by atoms with van der Waals surface area (Å²) in [5.41, 5.74) is 0. The lowest BCUT2D eigenvalue weighted by atomic mass is 10.3. The maximum atomic E-state index is 6.06. The molecule has 3 nitrogen and oxygen atoms in total. The van der Waals surface area contributed by atoms with E-state index >= 15 is 0 Å². The fourth-order valence-corrected chi connectivity index (χ4v) is 2.90. The fraction of sp³-hybridized carbons (Fsp3) is 0.286. The largest absolute Gasteiger partial charge is 0.497 e. The van der Waals surface area contributed by atoms with Crippen LogP contribution in [0.5, 0.6) is 5.75 Å². The highest BCUT2D eigenvalue weighted by atomic mass is 35.5. The third-order valence-corrected chi connectivity index (χ3v) is 4.00. The van der Waals surface area contributed by atoms with Gasteiger partial charge in [0.15, 0.2) is 0 Å². The minimum Gasteiger partial charge on any atom is -0.497 e. The van der Waals surface area contributed by atoms with Gasteiger partial charge in [-0.3, -0.25) is 0 Å². The zero-order valence-electron chi connectivity index (χ0n) is 10.5. The first kappa shape index (κ1) is 12.8. The number of methoxy groups -OCH3 is 1.